The highest BCUT2D eigenvalue weighted by molar-refractivity contribution is 9.10. The van der Waals surface area contributed by atoms with E-state index in [9.17, 15) is 8.42 Å². The van der Waals surface area contributed by atoms with Crippen LogP contribution in [0.1, 0.15) is 0 Å². The SMILES string of the molecule is COc1cc(Br)c(S(=O)(=O)Nc2ccc(Oc3ccncc3)cc2)cc1OC. The number of nitrogens with one attached hydrogen (secondary N) is 1. The van der Waals surface area contributed by atoms with Crippen LogP contribution in [0, 0.1) is 0 Å². The number of hydrogen-bond donors (Lipinski definition) is 1. The van der Waals surface area contributed by atoms with E-state index >= 15 is 0 Å². The first-order valence-electron chi connectivity index (χ1n) is 8.05. The molecule has 0 amide bonds. The fourth-order valence-corrected chi connectivity index (χ4v) is 4.48. The minimum atomic E-state index is -3.85. The van der Waals surface area contributed by atoms with Crippen molar-refractivity contribution >= 4 is 31.6 Å². The van der Waals surface area contributed by atoms with Gasteiger partial charge in [-0.3, -0.25) is 9.71 Å². The van der Waals surface area contributed by atoms with Crippen LogP contribution in [0.25, 0.3) is 0 Å². The van der Waals surface area contributed by atoms with Gasteiger partial charge in [0.2, 0.25) is 0 Å². The predicted molar refractivity (Wildman–Crippen MR) is 109 cm³/mol. The number of nitrogens with zero attached hydrogens (tertiary/aromatic N) is 1. The van der Waals surface area contributed by atoms with Gasteiger partial charge in [-0.2, -0.15) is 0 Å². The Kier molecular flexibility index (Phi) is 6.05. The standard InChI is InChI=1S/C19H17BrN2O5S/c1-25-17-11-16(20)19(12-18(17)26-2)28(23,24)22-13-3-5-14(6-4-13)27-15-7-9-21-10-8-15/h3-12,22H,1-2H3. The van der Waals surface area contributed by atoms with E-state index < -0.39 is 10.0 Å². The maximum Gasteiger partial charge on any atom is 0.263 e. The molecule has 1 heterocycles. The second-order valence-electron chi connectivity index (χ2n) is 5.55. The Labute approximate surface area is 171 Å². The number of hydrogen-bond acceptors (Lipinski definition) is 6. The first kappa shape index (κ1) is 20.0. The van der Waals surface area contributed by atoms with E-state index in [0.717, 1.165) is 0 Å². The topological polar surface area (TPSA) is 86.8 Å². The fourth-order valence-electron chi connectivity index (χ4n) is 2.38. The van der Waals surface area contributed by atoms with Crippen LogP contribution in [0.4, 0.5) is 5.69 Å². The number of sulfonamides is 1. The van der Waals surface area contributed by atoms with Crippen molar-refractivity contribution < 1.29 is 22.6 Å². The second-order valence-corrected chi connectivity index (χ2v) is 8.06. The monoisotopic (exact) mass is 464 g/mol. The summed E-state index contributed by atoms with van der Waals surface area (Å²) in [6.07, 6.45) is 3.25. The van der Waals surface area contributed by atoms with Gasteiger partial charge in [-0.15, -0.1) is 0 Å². The van der Waals surface area contributed by atoms with Gasteiger partial charge in [0.05, 0.1) is 14.2 Å². The van der Waals surface area contributed by atoms with E-state index in [1.807, 2.05) is 0 Å². The van der Waals surface area contributed by atoms with E-state index in [1.165, 1.54) is 20.3 Å². The van der Waals surface area contributed by atoms with Crippen LogP contribution in [-0.4, -0.2) is 27.6 Å². The Morgan fingerprint density at radius 1 is 0.893 bits per heavy atom. The summed E-state index contributed by atoms with van der Waals surface area (Å²) < 4.78 is 44.5. The quantitative estimate of drug-likeness (QED) is 0.555. The Morgan fingerprint density at radius 3 is 2.07 bits per heavy atom. The molecule has 0 unspecified atom stereocenters. The van der Waals surface area contributed by atoms with Gasteiger partial charge in [0.25, 0.3) is 10.0 Å². The molecule has 0 saturated heterocycles. The molecule has 0 aliphatic carbocycles. The smallest absolute Gasteiger partial charge is 0.263 e. The van der Waals surface area contributed by atoms with Crippen molar-refractivity contribution in [2.45, 2.75) is 4.90 Å². The largest absolute Gasteiger partial charge is 0.493 e. The molecule has 0 aliphatic heterocycles. The third-order valence-corrected chi connectivity index (χ3v) is 6.06. The Balaban J connectivity index is 1.81. The van der Waals surface area contributed by atoms with Gasteiger partial charge in [-0.05, 0) is 58.4 Å². The van der Waals surface area contributed by atoms with E-state index in [2.05, 4.69) is 25.6 Å². The highest BCUT2D eigenvalue weighted by Gasteiger charge is 2.21. The summed E-state index contributed by atoms with van der Waals surface area (Å²) in [6.45, 7) is 0. The van der Waals surface area contributed by atoms with Crippen LogP contribution in [0.3, 0.4) is 0 Å². The van der Waals surface area contributed by atoms with Gasteiger partial charge in [0, 0.05) is 28.6 Å². The lowest BCUT2D eigenvalue weighted by atomic mass is 10.3. The maximum absolute atomic E-state index is 12.8. The molecule has 0 radical (unpaired) electrons. The van der Waals surface area contributed by atoms with Crippen LogP contribution < -0.4 is 18.9 Å². The molecule has 1 aromatic heterocycles. The molecule has 2 aromatic carbocycles. The Hall–Kier alpha value is -2.78. The van der Waals surface area contributed by atoms with Gasteiger partial charge in [0.1, 0.15) is 16.4 Å². The van der Waals surface area contributed by atoms with Crippen molar-refractivity contribution in [1.29, 1.82) is 0 Å². The van der Waals surface area contributed by atoms with Crippen molar-refractivity contribution in [1.82, 2.24) is 4.98 Å². The number of anilines is 1. The molecule has 0 spiro atoms. The molecule has 3 aromatic rings. The van der Waals surface area contributed by atoms with Crippen LogP contribution in [-0.2, 0) is 10.0 Å². The number of pyridine rings is 1. The van der Waals surface area contributed by atoms with Crippen molar-refractivity contribution in [3.63, 3.8) is 0 Å². The normalized spacial score (nSPS) is 11.0. The van der Waals surface area contributed by atoms with Gasteiger partial charge in [-0.25, -0.2) is 8.42 Å². The number of aromatic nitrogens is 1. The molecule has 0 aliphatic rings. The molecule has 0 bridgehead atoms. The molecule has 146 valence electrons. The number of ether oxygens (including phenoxy) is 3. The van der Waals surface area contributed by atoms with Gasteiger partial charge >= 0.3 is 0 Å². The lowest BCUT2D eigenvalue weighted by molar-refractivity contribution is 0.353. The second kappa shape index (κ2) is 8.49. The van der Waals surface area contributed by atoms with Crippen molar-refractivity contribution in [2.75, 3.05) is 18.9 Å². The van der Waals surface area contributed by atoms with E-state index in [1.54, 1.807) is 54.9 Å². The highest BCUT2D eigenvalue weighted by atomic mass is 79.9. The molecule has 9 heteroatoms. The van der Waals surface area contributed by atoms with Crippen molar-refractivity contribution in [3.05, 3.63) is 65.4 Å². The van der Waals surface area contributed by atoms with E-state index in [0.29, 0.717) is 33.2 Å². The van der Waals surface area contributed by atoms with Crippen molar-refractivity contribution in [3.8, 4) is 23.0 Å². The first-order chi connectivity index (χ1) is 13.4. The summed E-state index contributed by atoms with van der Waals surface area (Å²) >= 11 is 3.27. The first-order valence-corrected chi connectivity index (χ1v) is 10.3. The summed E-state index contributed by atoms with van der Waals surface area (Å²) in [5.74, 6) is 1.94. The number of halogens is 1. The molecular formula is C19H17BrN2O5S. The number of benzene rings is 2. The highest BCUT2D eigenvalue weighted by Crippen LogP contribution is 2.36. The van der Waals surface area contributed by atoms with Crippen molar-refractivity contribution in [2.24, 2.45) is 0 Å². The Morgan fingerprint density at radius 2 is 1.46 bits per heavy atom. The van der Waals surface area contributed by atoms with E-state index in [4.69, 9.17) is 14.2 Å². The summed E-state index contributed by atoms with van der Waals surface area (Å²) in [7, 11) is -0.935. The van der Waals surface area contributed by atoms with E-state index in [-0.39, 0.29) is 4.90 Å². The molecule has 3 rings (SSSR count). The lowest BCUT2D eigenvalue weighted by Crippen LogP contribution is -2.14. The average Bonchev–Trinajstić information content (AvgIpc) is 2.69. The zero-order chi connectivity index (χ0) is 20.1. The fraction of sp³-hybridized carbons (Fsp3) is 0.105. The predicted octanol–water partition coefficient (Wildman–Crippen LogP) is 4.45. The zero-order valence-electron chi connectivity index (χ0n) is 15.0. The van der Waals surface area contributed by atoms with Gasteiger partial charge in [0.15, 0.2) is 11.5 Å². The minimum Gasteiger partial charge on any atom is -0.493 e. The van der Waals surface area contributed by atoms with Gasteiger partial charge < -0.3 is 14.2 Å². The van der Waals surface area contributed by atoms with Crippen LogP contribution in [0.2, 0.25) is 0 Å². The third kappa shape index (κ3) is 4.55. The zero-order valence-corrected chi connectivity index (χ0v) is 17.5. The van der Waals surface area contributed by atoms with Crippen LogP contribution in [0.5, 0.6) is 23.0 Å². The molecule has 0 saturated carbocycles. The van der Waals surface area contributed by atoms with Crippen LogP contribution in [0.15, 0.2) is 70.3 Å². The molecule has 0 atom stereocenters. The average molecular weight is 465 g/mol. The van der Waals surface area contributed by atoms with Crippen LogP contribution >= 0.6 is 15.9 Å². The molecular weight excluding hydrogens is 448 g/mol. The molecule has 1 N–H and O–H groups in total. The summed E-state index contributed by atoms with van der Waals surface area (Å²) in [5, 5.41) is 0. The Bertz CT molecular complexity index is 1060. The lowest BCUT2D eigenvalue weighted by Gasteiger charge is -2.14. The third-order valence-electron chi connectivity index (χ3n) is 3.72. The maximum atomic E-state index is 12.8. The summed E-state index contributed by atoms with van der Waals surface area (Å²) in [5.41, 5.74) is 0.392. The molecule has 0 fully saturated rings. The summed E-state index contributed by atoms with van der Waals surface area (Å²) in [6, 6.07) is 13.0. The number of methoxy groups -OCH3 is 2. The number of rotatable bonds is 7. The summed E-state index contributed by atoms with van der Waals surface area (Å²) in [4.78, 5) is 3.95. The van der Waals surface area contributed by atoms with Gasteiger partial charge in [-0.1, -0.05) is 0 Å². The molecule has 7 nitrogen and oxygen atoms in total. The minimum absolute atomic E-state index is 0.0299. The molecule has 28 heavy (non-hydrogen) atoms.